The smallest absolute Gasteiger partial charge is 0.280 e. The van der Waals surface area contributed by atoms with Crippen LogP contribution in [0.5, 0.6) is 11.5 Å². The first-order valence-corrected chi connectivity index (χ1v) is 9.97. The van der Waals surface area contributed by atoms with Gasteiger partial charge in [0.05, 0.1) is 13.2 Å². The van der Waals surface area contributed by atoms with Crippen LogP contribution in [-0.4, -0.2) is 30.8 Å². The largest absolute Gasteiger partial charge is 0.490 e. The van der Waals surface area contributed by atoms with Crippen LogP contribution in [0.15, 0.2) is 53.1 Å². The number of para-hydroxylation sites is 1. The number of amides is 1. The van der Waals surface area contributed by atoms with Crippen molar-refractivity contribution in [2.75, 3.05) is 24.7 Å². The van der Waals surface area contributed by atoms with Crippen LogP contribution in [0, 0.1) is 0 Å². The average Bonchev–Trinajstić information content (AvgIpc) is 3.25. The first kappa shape index (κ1) is 19.1. The zero-order valence-electron chi connectivity index (χ0n) is 16.7. The quantitative estimate of drug-likeness (QED) is 0.607. The van der Waals surface area contributed by atoms with Gasteiger partial charge in [0.15, 0.2) is 23.0 Å². The fourth-order valence-electron chi connectivity index (χ4n) is 3.60. The summed E-state index contributed by atoms with van der Waals surface area (Å²) in [6.07, 6.45) is 1.92. The fraction of sp³-hybridized carbons (Fsp3) is 0.304. The highest BCUT2D eigenvalue weighted by Gasteiger charge is 2.26. The maximum Gasteiger partial charge on any atom is 0.280 e. The van der Waals surface area contributed by atoms with Gasteiger partial charge in [-0.15, -0.1) is 0 Å². The monoisotopic (exact) mass is 392 g/mol. The van der Waals surface area contributed by atoms with Crippen LogP contribution < -0.4 is 14.4 Å². The molecule has 3 aromatic rings. The maximum atomic E-state index is 13.1. The number of hydrogen-bond acceptors (Lipinski definition) is 5. The van der Waals surface area contributed by atoms with Crippen molar-refractivity contribution >= 4 is 11.6 Å². The molecule has 2 aromatic carbocycles. The van der Waals surface area contributed by atoms with Crippen molar-refractivity contribution in [1.29, 1.82) is 0 Å². The molecule has 1 aliphatic rings. The minimum Gasteiger partial charge on any atom is -0.490 e. The summed E-state index contributed by atoms with van der Waals surface area (Å²) in [7, 11) is 0. The molecule has 0 atom stereocenters. The second kappa shape index (κ2) is 8.39. The lowest BCUT2D eigenvalue weighted by atomic mass is 10.0. The van der Waals surface area contributed by atoms with Crippen molar-refractivity contribution in [2.45, 2.75) is 26.7 Å². The van der Waals surface area contributed by atoms with Crippen molar-refractivity contribution in [3.05, 3.63) is 59.8 Å². The lowest BCUT2D eigenvalue weighted by molar-refractivity contribution is 0.0976. The molecule has 2 heterocycles. The Hall–Kier alpha value is -3.28. The minimum atomic E-state index is -0.150. The topological polar surface area (TPSA) is 64.8 Å². The zero-order valence-corrected chi connectivity index (χ0v) is 16.7. The van der Waals surface area contributed by atoms with Crippen molar-refractivity contribution in [3.63, 3.8) is 0 Å². The van der Waals surface area contributed by atoms with Gasteiger partial charge in [-0.05, 0) is 56.5 Å². The summed E-state index contributed by atoms with van der Waals surface area (Å²) in [6, 6.07) is 15.3. The van der Waals surface area contributed by atoms with E-state index in [9.17, 15) is 4.79 Å². The average molecular weight is 392 g/mol. The third-order valence-electron chi connectivity index (χ3n) is 4.91. The van der Waals surface area contributed by atoms with Crippen LogP contribution in [0.4, 0.5) is 5.69 Å². The normalized spacial score (nSPS) is 13.1. The van der Waals surface area contributed by atoms with Crippen molar-refractivity contribution in [1.82, 2.24) is 5.16 Å². The number of benzene rings is 2. The molecule has 0 saturated heterocycles. The lowest BCUT2D eigenvalue weighted by Crippen LogP contribution is -2.35. The molecule has 0 unspecified atom stereocenters. The summed E-state index contributed by atoms with van der Waals surface area (Å²) in [6.45, 7) is 5.60. The molecule has 0 bridgehead atoms. The van der Waals surface area contributed by atoms with E-state index in [0.29, 0.717) is 42.7 Å². The van der Waals surface area contributed by atoms with E-state index >= 15 is 0 Å². The van der Waals surface area contributed by atoms with E-state index in [-0.39, 0.29) is 5.91 Å². The molecular formula is C23H24N2O4. The third kappa shape index (κ3) is 3.83. The van der Waals surface area contributed by atoms with E-state index in [4.69, 9.17) is 14.0 Å². The van der Waals surface area contributed by atoms with E-state index < -0.39 is 0 Å². The Morgan fingerprint density at radius 1 is 1.07 bits per heavy atom. The minimum absolute atomic E-state index is 0.150. The number of aromatic nitrogens is 1. The summed E-state index contributed by atoms with van der Waals surface area (Å²) in [4.78, 5) is 14.9. The molecular weight excluding hydrogens is 368 g/mol. The molecule has 6 heteroatoms. The van der Waals surface area contributed by atoms with E-state index in [2.05, 4.69) is 11.2 Å². The van der Waals surface area contributed by atoms with Crippen molar-refractivity contribution in [3.8, 4) is 22.8 Å². The number of carbonyl (C=O) groups excluding carboxylic acids is 1. The number of rotatable bonds is 6. The maximum absolute atomic E-state index is 13.1. The van der Waals surface area contributed by atoms with Crippen LogP contribution in [0.1, 0.15) is 36.3 Å². The van der Waals surface area contributed by atoms with Crippen LogP contribution >= 0.6 is 0 Å². The molecule has 0 radical (unpaired) electrons. The van der Waals surface area contributed by atoms with E-state index in [1.54, 1.807) is 11.0 Å². The Labute approximate surface area is 170 Å². The van der Waals surface area contributed by atoms with Gasteiger partial charge in [-0.1, -0.05) is 23.4 Å². The molecule has 6 nitrogen and oxygen atoms in total. The summed E-state index contributed by atoms with van der Waals surface area (Å²) in [5, 5.41) is 4.04. The highest BCUT2D eigenvalue weighted by atomic mass is 16.5. The Morgan fingerprint density at radius 2 is 1.86 bits per heavy atom. The van der Waals surface area contributed by atoms with E-state index in [0.717, 1.165) is 24.1 Å². The summed E-state index contributed by atoms with van der Waals surface area (Å²) in [5.41, 5.74) is 3.21. The Bertz CT molecular complexity index is 1010. The Morgan fingerprint density at radius 3 is 2.69 bits per heavy atom. The number of aryl methyl sites for hydroxylation is 1. The van der Waals surface area contributed by atoms with Gasteiger partial charge in [-0.25, -0.2) is 0 Å². The third-order valence-corrected chi connectivity index (χ3v) is 4.91. The van der Waals surface area contributed by atoms with Crippen molar-refractivity contribution in [2.24, 2.45) is 0 Å². The highest BCUT2D eigenvalue weighted by molar-refractivity contribution is 6.05. The molecule has 0 saturated carbocycles. The molecule has 0 spiro atoms. The van der Waals surface area contributed by atoms with Gasteiger partial charge in [-0.3, -0.25) is 4.79 Å². The van der Waals surface area contributed by atoms with E-state index in [1.165, 1.54) is 5.56 Å². The summed E-state index contributed by atoms with van der Waals surface area (Å²) < 4.78 is 16.8. The SMILES string of the molecule is CCOc1ccc(-c2cc(C(=O)N3CCCc4ccccc43)no2)cc1OCC. The molecule has 0 N–H and O–H groups in total. The predicted octanol–water partition coefficient (Wildman–Crippen LogP) is 4.73. The molecule has 29 heavy (non-hydrogen) atoms. The first-order chi connectivity index (χ1) is 14.2. The number of carbonyl (C=O) groups is 1. The molecule has 0 aliphatic carbocycles. The van der Waals surface area contributed by atoms with Crippen LogP contribution in [0.2, 0.25) is 0 Å². The summed E-state index contributed by atoms with van der Waals surface area (Å²) >= 11 is 0. The standard InChI is InChI=1S/C23H24N2O4/c1-3-27-20-12-11-17(14-22(20)28-4-2)21-15-18(24-29-21)23(26)25-13-7-9-16-8-5-6-10-19(16)25/h5-6,8,10-12,14-15H,3-4,7,9,13H2,1-2H3. The highest BCUT2D eigenvalue weighted by Crippen LogP contribution is 2.34. The zero-order chi connectivity index (χ0) is 20.2. The van der Waals surface area contributed by atoms with Crippen LogP contribution in [-0.2, 0) is 6.42 Å². The van der Waals surface area contributed by atoms with Crippen LogP contribution in [0.3, 0.4) is 0 Å². The van der Waals surface area contributed by atoms with Gasteiger partial charge >= 0.3 is 0 Å². The fourth-order valence-corrected chi connectivity index (χ4v) is 3.60. The molecule has 4 rings (SSSR count). The number of hydrogen-bond donors (Lipinski definition) is 0. The number of anilines is 1. The van der Waals surface area contributed by atoms with Crippen LogP contribution in [0.25, 0.3) is 11.3 Å². The van der Waals surface area contributed by atoms with Gasteiger partial charge < -0.3 is 18.9 Å². The second-order valence-electron chi connectivity index (χ2n) is 6.79. The molecule has 1 aliphatic heterocycles. The lowest BCUT2D eigenvalue weighted by Gasteiger charge is -2.28. The summed E-state index contributed by atoms with van der Waals surface area (Å²) in [5.74, 6) is 1.69. The van der Waals surface area contributed by atoms with Gasteiger partial charge in [0, 0.05) is 23.9 Å². The van der Waals surface area contributed by atoms with Gasteiger partial charge in [0.25, 0.3) is 5.91 Å². The molecule has 1 aromatic heterocycles. The first-order valence-electron chi connectivity index (χ1n) is 9.97. The molecule has 150 valence electrons. The molecule has 0 fully saturated rings. The Kier molecular flexibility index (Phi) is 5.51. The number of ether oxygens (including phenoxy) is 2. The van der Waals surface area contributed by atoms with Gasteiger partial charge in [0.2, 0.25) is 0 Å². The van der Waals surface area contributed by atoms with Gasteiger partial charge in [-0.2, -0.15) is 0 Å². The number of fused-ring (bicyclic) bond motifs is 1. The van der Waals surface area contributed by atoms with Crippen molar-refractivity contribution < 1.29 is 18.8 Å². The number of nitrogens with zero attached hydrogens (tertiary/aromatic N) is 2. The van der Waals surface area contributed by atoms with E-state index in [1.807, 2.05) is 50.2 Å². The molecule has 1 amide bonds. The Balaban J connectivity index is 1.61. The van der Waals surface area contributed by atoms with Gasteiger partial charge in [0.1, 0.15) is 0 Å². The predicted molar refractivity (Wildman–Crippen MR) is 111 cm³/mol. The second-order valence-corrected chi connectivity index (χ2v) is 6.79.